The minimum Gasteiger partial charge on any atom is -0.507 e. The van der Waals surface area contributed by atoms with Crippen molar-refractivity contribution in [3.8, 4) is 5.75 Å². The van der Waals surface area contributed by atoms with Crippen molar-refractivity contribution in [1.29, 1.82) is 0 Å². The number of benzene rings is 2. The molecule has 3 nitrogen and oxygen atoms in total. The van der Waals surface area contributed by atoms with Crippen LogP contribution < -0.4 is 5.32 Å². The summed E-state index contributed by atoms with van der Waals surface area (Å²) >= 11 is 0. The van der Waals surface area contributed by atoms with Crippen molar-refractivity contribution in [2.75, 3.05) is 13.7 Å². The number of hydrogen-bond donors (Lipinski definition) is 2. The van der Waals surface area contributed by atoms with Gasteiger partial charge in [-0.3, -0.25) is 0 Å². The maximum Gasteiger partial charge on any atom is 0.128 e. The first-order valence-corrected chi connectivity index (χ1v) is 7.13. The Morgan fingerprint density at radius 2 is 1.95 bits per heavy atom. The van der Waals surface area contributed by atoms with Gasteiger partial charge in [0.25, 0.3) is 0 Å². The fourth-order valence-electron chi connectivity index (χ4n) is 2.55. The average Bonchev–Trinajstić information content (AvgIpc) is 2.47. The first kappa shape index (κ1) is 14.8. The molecule has 2 rings (SSSR count). The average molecular weight is 273 g/mol. The molecule has 2 aromatic rings. The van der Waals surface area contributed by atoms with Crippen molar-refractivity contribution in [3.63, 3.8) is 0 Å². The molecule has 3 heteroatoms. The predicted octanol–water partition coefficient (Wildman–Crippen LogP) is 3.62. The number of aromatic hydroxyl groups is 1. The van der Waals surface area contributed by atoms with Crippen LogP contribution in [0.5, 0.6) is 5.75 Å². The molecule has 0 aromatic heterocycles. The van der Waals surface area contributed by atoms with E-state index < -0.39 is 0 Å². The molecule has 0 spiro atoms. The smallest absolute Gasteiger partial charge is 0.128 e. The summed E-state index contributed by atoms with van der Waals surface area (Å²) in [5, 5.41) is 15.9. The Morgan fingerprint density at radius 1 is 1.20 bits per heavy atom. The summed E-state index contributed by atoms with van der Waals surface area (Å²) in [7, 11) is 1.71. The Kier molecular flexibility index (Phi) is 4.99. The van der Waals surface area contributed by atoms with E-state index in [0.29, 0.717) is 18.4 Å². The standard InChI is InChI=1S/C17H23NO2/c1-4-14(11-20-3)18-12(2)15-10-9-13-7-5-6-8-16(13)17(15)19/h5-10,12,14,18-19H,4,11H2,1-3H3. The zero-order chi connectivity index (χ0) is 14.5. The molecule has 0 bridgehead atoms. The second-order valence-corrected chi connectivity index (χ2v) is 5.17. The zero-order valence-electron chi connectivity index (χ0n) is 12.4. The lowest BCUT2D eigenvalue weighted by Crippen LogP contribution is -2.34. The van der Waals surface area contributed by atoms with Crippen LogP contribution in [0.25, 0.3) is 10.8 Å². The molecule has 0 fully saturated rings. The summed E-state index contributed by atoms with van der Waals surface area (Å²) in [5.74, 6) is 0.371. The third-order valence-electron chi connectivity index (χ3n) is 3.74. The first-order valence-electron chi connectivity index (χ1n) is 7.13. The van der Waals surface area contributed by atoms with Crippen molar-refractivity contribution in [2.24, 2.45) is 0 Å². The van der Waals surface area contributed by atoms with Crippen LogP contribution in [0, 0.1) is 0 Å². The van der Waals surface area contributed by atoms with Crippen LogP contribution in [0.2, 0.25) is 0 Å². The highest BCUT2D eigenvalue weighted by atomic mass is 16.5. The third-order valence-corrected chi connectivity index (χ3v) is 3.74. The first-order chi connectivity index (χ1) is 9.67. The Balaban J connectivity index is 2.25. The molecule has 0 radical (unpaired) electrons. The summed E-state index contributed by atoms with van der Waals surface area (Å²) in [5.41, 5.74) is 0.929. The molecule has 0 heterocycles. The topological polar surface area (TPSA) is 41.5 Å². The van der Waals surface area contributed by atoms with Gasteiger partial charge >= 0.3 is 0 Å². The van der Waals surface area contributed by atoms with Gasteiger partial charge in [-0.2, -0.15) is 0 Å². The zero-order valence-corrected chi connectivity index (χ0v) is 12.4. The molecular formula is C17H23NO2. The van der Waals surface area contributed by atoms with E-state index in [-0.39, 0.29) is 6.04 Å². The van der Waals surface area contributed by atoms with Gasteiger partial charge in [-0.15, -0.1) is 0 Å². The largest absolute Gasteiger partial charge is 0.507 e. The number of hydrogen-bond acceptors (Lipinski definition) is 3. The molecule has 0 saturated heterocycles. The van der Waals surface area contributed by atoms with Gasteiger partial charge in [-0.1, -0.05) is 43.3 Å². The third kappa shape index (κ3) is 3.11. The molecular weight excluding hydrogens is 250 g/mol. The van der Waals surface area contributed by atoms with Crippen molar-refractivity contribution in [1.82, 2.24) is 5.32 Å². The van der Waals surface area contributed by atoms with E-state index in [1.165, 1.54) is 0 Å². The van der Waals surface area contributed by atoms with E-state index in [4.69, 9.17) is 4.74 Å². The van der Waals surface area contributed by atoms with E-state index in [1.807, 2.05) is 30.3 Å². The fourth-order valence-corrected chi connectivity index (χ4v) is 2.55. The number of ether oxygens (including phenoxy) is 1. The monoisotopic (exact) mass is 273 g/mol. The van der Waals surface area contributed by atoms with Crippen molar-refractivity contribution >= 4 is 10.8 Å². The van der Waals surface area contributed by atoms with Gasteiger partial charge in [0.1, 0.15) is 5.75 Å². The SMILES string of the molecule is CCC(COC)NC(C)c1ccc2ccccc2c1O. The van der Waals surface area contributed by atoms with Crippen molar-refractivity contribution in [2.45, 2.75) is 32.4 Å². The minimum absolute atomic E-state index is 0.0831. The maximum atomic E-state index is 10.5. The van der Waals surface area contributed by atoms with E-state index in [0.717, 1.165) is 22.8 Å². The van der Waals surface area contributed by atoms with Gasteiger partial charge < -0.3 is 15.2 Å². The van der Waals surface area contributed by atoms with E-state index in [2.05, 4.69) is 25.2 Å². The Hall–Kier alpha value is -1.58. The minimum atomic E-state index is 0.0831. The molecule has 0 amide bonds. The van der Waals surface area contributed by atoms with Crippen molar-refractivity contribution < 1.29 is 9.84 Å². The summed E-state index contributed by atoms with van der Waals surface area (Å²) in [4.78, 5) is 0. The van der Waals surface area contributed by atoms with Crippen LogP contribution in [0.15, 0.2) is 36.4 Å². The molecule has 2 unspecified atom stereocenters. The van der Waals surface area contributed by atoms with Crippen LogP contribution in [0.4, 0.5) is 0 Å². The lowest BCUT2D eigenvalue weighted by Gasteiger charge is -2.23. The maximum absolute atomic E-state index is 10.5. The molecule has 0 saturated carbocycles. The van der Waals surface area contributed by atoms with Gasteiger partial charge in [0.05, 0.1) is 6.61 Å². The van der Waals surface area contributed by atoms with Crippen molar-refractivity contribution in [3.05, 3.63) is 42.0 Å². The summed E-state index contributed by atoms with van der Waals surface area (Å²) in [6.45, 7) is 4.88. The Bertz CT molecular complexity index is 568. The highest BCUT2D eigenvalue weighted by Gasteiger charge is 2.16. The Morgan fingerprint density at radius 3 is 2.65 bits per heavy atom. The number of phenols is 1. The van der Waals surface area contributed by atoms with Crippen LogP contribution in [0.1, 0.15) is 31.9 Å². The van der Waals surface area contributed by atoms with E-state index >= 15 is 0 Å². The molecule has 2 aromatic carbocycles. The van der Waals surface area contributed by atoms with Gasteiger partial charge in [-0.25, -0.2) is 0 Å². The second-order valence-electron chi connectivity index (χ2n) is 5.17. The van der Waals surface area contributed by atoms with Crippen LogP contribution >= 0.6 is 0 Å². The number of phenolic OH excluding ortho intramolecular Hbond substituents is 1. The molecule has 20 heavy (non-hydrogen) atoms. The fraction of sp³-hybridized carbons (Fsp3) is 0.412. The highest BCUT2D eigenvalue weighted by molar-refractivity contribution is 5.89. The molecule has 2 atom stereocenters. The van der Waals surface area contributed by atoms with E-state index in [1.54, 1.807) is 7.11 Å². The normalized spacial score (nSPS) is 14.3. The predicted molar refractivity (Wildman–Crippen MR) is 83.1 cm³/mol. The molecule has 0 aliphatic carbocycles. The lowest BCUT2D eigenvalue weighted by atomic mass is 10.0. The Labute approximate surface area is 120 Å². The number of fused-ring (bicyclic) bond motifs is 1. The lowest BCUT2D eigenvalue weighted by molar-refractivity contribution is 0.159. The number of methoxy groups -OCH3 is 1. The van der Waals surface area contributed by atoms with Gasteiger partial charge in [0, 0.05) is 30.1 Å². The van der Waals surface area contributed by atoms with Crippen LogP contribution in [-0.2, 0) is 4.74 Å². The molecule has 2 N–H and O–H groups in total. The van der Waals surface area contributed by atoms with Gasteiger partial charge in [-0.05, 0) is 18.7 Å². The molecule has 108 valence electrons. The van der Waals surface area contributed by atoms with E-state index in [9.17, 15) is 5.11 Å². The number of nitrogens with one attached hydrogen (secondary N) is 1. The summed E-state index contributed by atoms with van der Waals surface area (Å²) in [6, 6.07) is 12.3. The van der Waals surface area contributed by atoms with Crippen LogP contribution in [0.3, 0.4) is 0 Å². The van der Waals surface area contributed by atoms with Gasteiger partial charge in [0.2, 0.25) is 0 Å². The number of rotatable bonds is 6. The second kappa shape index (κ2) is 6.73. The molecule has 0 aliphatic heterocycles. The van der Waals surface area contributed by atoms with Gasteiger partial charge in [0.15, 0.2) is 0 Å². The summed E-state index contributed by atoms with van der Waals surface area (Å²) < 4.78 is 5.21. The molecule has 0 aliphatic rings. The summed E-state index contributed by atoms with van der Waals surface area (Å²) in [6.07, 6.45) is 0.993. The quantitative estimate of drug-likeness (QED) is 0.844. The van der Waals surface area contributed by atoms with Crippen LogP contribution in [-0.4, -0.2) is 24.9 Å². The highest BCUT2D eigenvalue weighted by Crippen LogP contribution is 2.32.